The van der Waals surface area contributed by atoms with Gasteiger partial charge < -0.3 is 9.52 Å². The van der Waals surface area contributed by atoms with Crippen molar-refractivity contribution in [2.45, 2.75) is 6.92 Å². The molecule has 0 bridgehead atoms. The average molecular weight is 288 g/mol. The molecule has 5 heteroatoms. The molecule has 2 heterocycles. The minimum absolute atomic E-state index is 0.159. The van der Waals surface area contributed by atoms with Gasteiger partial charge in [0.2, 0.25) is 0 Å². The molecule has 0 unspecified atom stereocenters. The van der Waals surface area contributed by atoms with Crippen LogP contribution in [0, 0.1) is 6.92 Å². The fraction of sp³-hybridized carbons (Fsp3) is 0.0667. The topological polar surface area (TPSA) is 63.3 Å². The smallest absolute Gasteiger partial charge is 0.336 e. The number of halogens is 1. The zero-order chi connectivity index (χ0) is 14.3. The Morgan fingerprint density at radius 3 is 2.75 bits per heavy atom. The summed E-state index contributed by atoms with van der Waals surface area (Å²) in [6, 6.07) is 8.62. The highest BCUT2D eigenvalue weighted by Gasteiger charge is 2.20. The molecule has 100 valence electrons. The van der Waals surface area contributed by atoms with Crippen molar-refractivity contribution >= 4 is 28.5 Å². The van der Waals surface area contributed by atoms with Crippen LogP contribution in [0.3, 0.4) is 0 Å². The van der Waals surface area contributed by atoms with Gasteiger partial charge in [-0.15, -0.1) is 0 Å². The lowest BCUT2D eigenvalue weighted by molar-refractivity contribution is 0.0698. The number of carboxylic acid groups (broad SMARTS) is 1. The first-order valence-corrected chi connectivity index (χ1v) is 6.33. The first kappa shape index (κ1) is 12.7. The highest BCUT2D eigenvalue weighted by Crippen LogP contribution is 2.33. The third kappa shape index (κ3) is 1.85. The predicted octanol–water partition coefficient (Wildman–Crippen LogP) is 4.15. The molecule has 3 rings (SSSR count). The summed E-state index contributed by atoms with van der Waals surface area (Å²) in [5.41, 5.74) is 1.74. The molecule has 3 aromatic rings. The van der Waals surface area contributed by atoms with E-state index in [-0.39, 0.29) is 5.56 Å². The molecule has 0 aliphatic carbocycles. The summed E-state index contributed by atoms with van der Waals surface area (Å²) < 4.78 is 5.33. The van der Waals surface area contributed by atoms with Crippen LogP contribution in [0.25, 0.3) is 22.4 Å². The molecule has 0 amide bonds. The fourth-order valence-electron chi connectivity index (χ4n) is 2.28. The summed E-state index contributed by atoms with van der Waals surface area (Å²) in [6.45, 7) is 1.71. The monoisotopic (exact) mass is 287 g/mol. The molecule has 1 aromatic carbocycles. The van der Waals surface area contributed by atoms with E-state index in [0.717, 1.165) is 0 Å². The van der Waals surface area contributed by atoms with Crippen molar-refractivity contribution in [3.8, 4) is 11.5 Å². The number of nitrogens with zero attached hydrogens (tertiary/aromatic N) is 1. The normalized spacial score (nSPS) is 10.9. The van der Waals surface area contributed by atoms with Crippen LogP contribution in [0.2, 0.25) is 5.02 Å². The molecule has 0 spiro atoms. The number of furan rings is 1. The van der Waals surface area contributed by atoms with E-state index in [9.17, 15) is 9.90 Å². The second-order valence-corrected chi connectivity index (χ2v) is 4.78. The zero-order valence-corrected chi connectivity index (χ0v) is 11.3. The molecule has 0 fully saturated rings. The molecular formula is C15H10ClNO3. The van der Waals surface area contributed by atoms with Crippen molar-refractivity contribution in [3.63, 3.8) is 0 Å². The summed E-state index contributed by atoms with van der Waals surface area (Å²) in [4.78, 5) is 16.1. The van der Waals surface area contributed by atoms with Gasteiger partial charge in [0.15, 0.2) is 5.76 Å². The standard InChI is InChI=1S/C15H10ClNO3/c1-8-12(15(18)19)13-9(16)4-2-5-10(13)17-14(8)11-6-3-7-20-11/h2-7H,1H3,(H,18,19). The van der Waals surface area contributed by atoms with Crippen LogP contribution in [0.1, 0.15) is 15.9 Å². The minimum Gasteiger partial charge on any atom is -0.478 e. The lowest BCUT2D eigenvalue weighted by Crippen LogP contribution is -2.05. The molecule has 0 saturated heterocycles. The zero-order valence-electron chi connectivity index (χ0n) is 10.6. The third-order valence-corrected chi connectivity index (χ3v) is 3.49. The Morgan fingerprint density at radius 1 is 1.30 bits per heavy atom. The maximum Gasteiger partial charge on any atom is 0.336 e. The van der Waals surface area contributed by atoms with E-state index in [4.69, 9.17) is 16.0 Å². The third-order valence-electron chi connectivity index (χ3n) is 3.17. The van der Waals surface area contributed by atoms with Crippen LogP contribution in [0.15, 0.2) is 41.0 Å². The Hall–Kier alpha value is -2.33. The van der Waals surface area contributed by atoms with Gasteiger partial charge in [-0.2, -0.15) is 0 Å². The molecule has 0 aliphatic heterocycles. The number of aromatic carboxylic acids is 1. The van der Waals surface area contributed by atoms with Crippen LogP contribution < -0.4 is 0 Å². The lowest BCUT2D eigenvalue weighted by atomic mass is 10.0. The van der Waals surface area contributed by atoms with E-state index in [2.05, 4.69) is 4.98 Å². The highest BCUT2D eigenvalue weighted by molar-refractivity contribution is 6.36. The molecule has 0 radical (unpaired) electrons. The van der Waals surface area contributed by atoms with Gasteiger partial charge in [-0.3, -0.25) is 0 Å². The van der Waals surface area contributed by atoms with E-state index in [1.807, 2.05) is 0 Å². The van der Waals surface area contributed by atoms with Crippen molar-refractivity contribution in [2.24, 2.45) is 0 Å². The summed E-state index contributed by atoms with van der Waals surface area (Å²) in [7, 11) is 0. The van der Waals surface area contributed by atoms with E-state index >= 15 is 0 Å². The number of carbonyl (C=O) groups is 1. The summed E-state index contributed by atoms with van der Waals surface area (Å²) in [5, 5.41) is 10.3. The van der Waals surface area contributed by atoms with Crippen LogP contribution in [-0.2, 0) is 0 Å². The highest BCUT2D eigenvalue weighted by atomic mass is 35.5. The van der Waals surface area contributed by atoms with Gasteiger partial charge >= 0.3 is 5.97 Å². The maximum absolute atomic E-state index is 11.6. The number of hydrogen-bond acceptors (Lipinski definition) is 3. The second-order valence-electron chi connectivity index (χ2n) is 4.38. The van der Waals surface area contributed by atoms with E-state index in [0.29, 0.717) is 32.9 Å². The molecule has 0 aliphatic rings. The van der Waals surface area contributed by atoms with E-state index in [1.165, 1.54) is 6.26 Å². The minimum atomic E-state index is -1.03. The lowest BCUT2D eigenvalue weighted by Gasteiger charge is -2.11. The van der Waals surface area contributed by atoms with Crippen LogP contribution in [0.4, 0.5) is 0 Å². The van der Waals surface area contributed by atoms with Crippen molar-refractivity contribution in [1.82, 2.24) is 4.98 Å². The second kappa shape index (κ2) is 4.65. The Kier molecular flexibility index (Phi) is 2.95. The van der Waals surface area contributed by atoms with Gasteiger partial charge in [-0.05, 0) is 36.8 Å². The van der Waals surface area contributed by atoms with Gasteiger partial charge in [-0.25, -0.2) is 9.78 Å². The fourth-order valence-corrected chi connectivity index (χ4v) is 2.55. The molecule has 0 atom stereocenters. The predicted molar refractivity (Wildman–Crippen MR) is 76.2 cm³/mol. The largest absolute Gasteiger partial charge is 0.478 e. The number of fused-ring (bicyclic) bond motifs is 1. The van der Waals surface area contributed by atoms with Crippen LogP contribution in [0.5, 0.6) is 0 Å². The first-order chi connectivity index (χ1) is 9.59. The Morgan fingerprint density at radius 2 is 2.10 bits per heavy atom. The molecule has 20 heavy (non-hydrogen) atoms. The quantitative estimate of drug-likeness (QED) is 0.769. The summed E-state index contributed by atoms with van der Waals surface area (Å²) in [5.74, 6) is -0.498. The van der Waals surface area contributed by atoms with Gasteiger partial charge in [0.1, 0.15) is 5.69 Å². The number of benzene rings is 1. The molecular weight excluding hydrogens is 278 g/mol. The molecule has 2 aromatic heterocycles. The van der Waals surface area contributed by atoms with Gasteiger partial charge in [0.05, 0.1) is 22.4 Å². The summed E-state index contributed by atoms with van der Waals surface area (Å²) in [6.07, 6.45) is 1.53. The molecule has 0 saturated carbocycles. The van der Waals surface area contributed by atoms with Gasteiger partial charge in [0.25, 0.3) is 0 Å². The molecule has 1 N–H and O–H groups in total. The van der Waals surface area contributed by atoms with Gasteiger partial charge in [0, 0.05) is 5.39 Å². The average Bonchev–Trinajstić information content (AvgIpc) is 2.92. The van der Waals surface area contributed by atoms with Crippen LogP contribution >= 0.6 is 11.6 Å². The van der Waals surface area contributed by atoms with Crippen molar-refractivity contribution in [3.05, 3.63) is 52.7 Å². The van der Waals surface area contributed by atoms with Crippen LogP contribution in [-0.4, -0.2) is 16.1 Å². The van der Waals surface area contributed by atoms with Crippen molar-refractivity contribution in [1.29, 1.82) is 0 Å². The van der Waals surface area contributed by atoms with Gasteiger partial charge in [-0.1, -0.05) is 17.7 Å². The van der Waals surface area contributed by atoms with E-state index < -0.39 is 5.97 Å². The van der Waals surface area contributed by atoms with Crippen molar-refractivity contribution in [2.75, 3.05) is 0 Å². The molecule has 4 nitrogen and oxygen atoms in total. The number of carboxylic acids is 1. The van der Waals surface area contributed by atoms with E-state index in [1.54, 1.807) is 37.3 Å². The number of aromatic nitrogens is 1. The SMILES string of the molecule is Cc1c(-c2ccco2)nc2cccc(Cl)c2c1C(=O)O. The van der Waals surface area contributed by atoms with Crippen molar-refractivity contribution < 1.29 is 14.3 Å². The Balaban J connectivity index is 2.47. The Labute approximate surface area is 119 Å². The maximum atomic E-state index is 11.6. The number of pyridine rings is 1. The number of hydrogen-bond donors (Lipinski definition) is 1. The Bertz CT molecular complexity index is 810. The number of rotatable bonds is 2. The first-order valence-electron chi connectivity index (χ1n) is 5.95. The summed E-state index contributed by atoms with van der Waals surface area (Å²) >= 11 is 6.13.